The molecule has 0 saturated carbocycles. The molecule has 4 rings (SSSR count). The molecule has 0 amide bonds. The summed E-state index contributed by atoms with van der Waals surface area (Å²) in [5, 5.41) is 0.933. The van der Waals surface area contributed by atoms with Gasteiger partial charge in [-0.15, -0.1) is 0 Å². The first-order valence-corrected chi connectivity index (χ1v) is 8.19. The van der Waals surface area contributed by atoms with Crippen LogP contribution in [0, 0.1) is 0 Å². The maximum Gasteiger partial charge on any atom is 0.170 e. The molecule has 20 heavy (non-hydrogen) atoms. The van der Waals surface area contributed by atoms with Crippen molar-refractivity contribution in [3.63, 3.8) is 0 Å². The number of benzene rings is 1. The number of nitrogens with zero attached hydrogens (tertiary/aromatic N) is 3. The number of halogens is 1. The van der Waals surface area contributed by atoms with E-state index < -0.39 is 0 Å². The average Bonchev–Trinajstić information content (AvgIpc) is 3.05. The lowest BCUT2D eigenvalue weighted by molar-refractivity contribution is 0.911. The fourth-order valence-corrected chi connectivity index (χ4v) is 4.13. The van der Waals surface area contributed by atoms with Crippen LogP contribution in [0.2, 0.25) is 0 Å². The molecule has 0 saturated heterocycles. The molecule has 0 fully saturated rings. The molecule has 0 radical (unpaired) electrons. The van der Waals surface area contributed by atoms with Crippen molar-refractivity contribution in [2.75, 3.05) is 0 Å². The smallest absolute Gasteiger partial charge is 0.170 e. The number of imidazole rings is 1. The highest BCUT2D eigenvalue weighted by atomic mass is 79.9. The quantitative estimate of drug-likeness (QED) is 0.699. The van der Waals surface area contributed by atoms with Gasteiger partial charge < -0.3 is 4.40 Å². The molecule has 1 aliphatic carbocycles. The minimum atomic E-state index is 0.826. The molecule has 5 heteroatoms. The molecule has 1 aliphatic rings. The Bertz CT molecular complexity index is 797. The molecule has 1 aromatic carbocycles. The molecule has 0 bridgehead atoms. The second kappa shape index (κ2) is 4.90. The van der Waals surface area contributed by atoms with Crippen molar-refractivity contribution < 1.29 is 0 Å². The molecule has 2 heterocycles. The van der Waals surface area contributed by atoms with Gasteiger partial charge >= 0.3 is 0 Å². The van der Waals surface area contributed by atoms with Crippen LogP contribution in [0.15, 0.2) is 51.3 Å². The normalized spacial score (nSPS) is 13.8. The Labute approximate surface area is 129 Å². The van der Waals surface area contributed by atoms with Crippen molar-refractivity contribution in [2.24, 2.45) is 0 Å². The molecular weight excluding hydrogens is 334 g/mol. The predicted molar refractivity (Wildman–Crippen MR) is 83.3 cm³/mol. The van der Waals surface area contributed by atoms with E-state index in [0.717, 1.165) is 15.3 Å². The van der Waals surface area contributed by atoms with Gasteiger partial charge in [0.25, 0.3) is 0 Å². The largest absolute Gasteiger partial charge is 0.302 e. The molecule has 0 aliphatic heterocycles. The van der Waals surface area contributed by atoms with Crippen molar-refractivity contribution in [1.82, 2.24) is 14.4 Å². The number of hydrogen-bond donors (Lipinski definition) is 0. The highest BCUT2D eigenvalue weighted by Gasteiger charge is 2.13. The van der Waals surface area contributed by atoms with E-state index in [1.165, 1.54) is 35.3 Å². The van der Waals surface area contributed by atoms with Crippen LogP contribution in [-0.4, -0.2) is 14.4 Å². The van der Waals surface area contributed by atoms with E-state index in [4.69, 9.17) is 0 Å². The van der Waals surface area contributed by atoms with Crippen LogP contribution in [0.25, 0.3) is 5.65 Å². The van der Waals surface area contributed by atoms with Crippen molar-refractivity contribution in [2.45, 2.75) is 29.2 Å². The molecular formula is C15H12BrN3S. The van der Waals surface area contributed by atoms with Gasteiger partial charge in [-0.2, -0.15) is 0 Å². The van der Waals surface area contributed by atoms with Gasteiger partial charge in [0.15, 0.2) is 5.65 Å². The molecule has 0 spiro atoms. The third kappa shape index (κ3) is 2.15. The second-order valence-corrected chi connectivity index (χ2v) is 6.79. The van der Waals surface area contributed by atoms with Crippen molar-refractivity contribution >= 4 is 33.3 Å². The van der Waals surface area contributed by atoms with Crippen LogP contribution in [-0.2, 0) is 12.8 Å². The van der Waals surface area contributed by atoms with Gasteiger partial charge in [-0.1, -0.05) is 17.8 Å². The summed E-state index contributed by atoms with van der Waals surface area (Å²) in [4.78, 5) is 10.2. The third-order valence-electron chi connectivity index (χ3n) is 3.60. The molecule has 2 aromatic heterocycles. The van der Waals surface area contributed by atoms with Crippen LogP contribution in [0.4, 0.5) is 0 Å². The fourth-order valence-electron chi connectivity index (χ4n) is 2.67. The maximum atomic E-state index is 4.56. The van der Waals surface area contributed by atoms with Gasteiger partial charge in [-0.05, 0) is 58.5 Å². The Hall–Kier alpha value is -1.33. The molecule has 0 atom stereocenters. The highest BCUT2D eigenvalue weighted by molar-refractivity contribution is 9.10. The first-order valence-electron chi connectivity index (χ1n) is 6.58. The average molecular weight is 346 g/mol. The zero-order valence-electron chi connectivity index (χ0n) is 10.7. The summed E-state index contributed by atoms with van der Waals surface area (Å²) in [6.45, 7) is 0. The van der Waals surface area contributed by atoms with E-state index in [0.29, 0.717) is 0 Å². The number of aryl methyl sites for hydroxylation is 2. The zero-order valence-corrected chi connectivity index (χ0v) is 13.1. The first kappa shape index (κ1) is 12.4. The van der Waals surface area contributed by atoms with E-state index in [1.54, 1.807) is 18.0 Å². The maximum absolute atomic E-state index is 4.56. The van der Waals surface area contributed by atoms with E-state index in [9.17, 15) is 0 Å². The summed E-state index contributed by atoms with van der Waals surface area (Å²) in [6.07, 6.45) is 9.37. The van der Waals surface area contributed by atoms with Gasteiger partial charge in [0.05, 0.1) is 0 Å². The lowest BCUT2D eigenvalue weighted by Gasteiger charge is -2.06. The first-order chi connectivity index (χ1) is 9.79. The highest BCUT2D eigenvalue weighted by Crippen LogP contribution is 2.33. The summed E-state index contributed by atoms with van der Waals surface area (Å²) >= 11 is 5.14. The summed E-state index contributed by atoms with van der Waals surface area (Å²) < 4.78 is 2.82. The summed E-state index contributed by atoms with van der Waals surface area (Å²) in [6, 6.07) is 6.75. The van der Waals surface area contributed by atoms with Gasteiger partial charge in [0.1, 0.15) is 9.63 Å². The predicted octanol–water partition coefficient (Wildman–Crippen LogP) is 4.13. The van der Waals surface area contributed by atoms with Crippen molar-refractivity contribution in [1.29, 1.82) is 0 Å². The molecule has 3 nitrogen and oxygen atoms in total. The molecule has 0 unspecified atom stereocenters. The minimum absolute atomic E-state index is 0.826. The second-order valence-electron chi connectivity index (χ2n) is 4.91. The van der Waals surface area contributed by atoms with E-state index in [2.05, 4.69) is 44.1 Å². The van der Waals surface area contributed by atoms with E-state index >= 15 is 0 Å². The van der Waals surface area contributed by atoms with Crippen LogP contribution < -0.4 is 0 Å². The molecule has 0 N–H and O–H groups in total. The minimum Gasteiger partial charge on any atom is -0.302 e. The number of rotatable bonds is 2. The third-order valence-corrected chi connectivity index (χ3v) is 4.94. The van der Waals surface area contributed by atoms with Gasteiger partial charge in [-0.3, -0.25) is 0 Å². The van der Waals surface area contributed by atoms with E-state index in [1.807, 2.05) is 16.8 Å². The van der Waals surface area contributed by atoms with Gasteiger partial charge in [0.2, 0.25) is 0 Å². The Morgan fingerprint density at radius 1 is 1.20 bits per heavy atom. The van der Waals surface area contributed by atoms with Crippen LogP contribution in [0.1, 0.15) is 17.5 Å². The Balaban J connectivity index is 1.75. The topological polar surface area (TPSA) is 30.2 Å². The summed E-state index contributed by atoms with van der Waals surface area (Å²) in [5.41, 5.74) is 3.89. The number of hydrogen-bond acceptors (Lipinski definition) is 3. The van der Waals surface area contributed by atoms with Crippen LogP contribution in [0.3, 0.4) is 0 Å². The van der Waals surface area contributed by atoms with Crippen LogP contribution in [0.5, 0.6) is 0 Å². The SMILES string of the molecule is Brc1cn2ccnc2c(Sc2ccc3c(c2)CCC3)n1. The summed E-state index contributed by atoms with van der Waals surface area (Å²) in [5.74, 6) is 0. The standard InChI is InChI=1S/C15H12BrN3S/c16-13-9-19-7-6-17-14(19)15(18-13)20-12-5-4-10-2-1-3-11(10)8-12/h4-9H,1-3H2. The van der Waals surface area contributed by atoms with Crippen molar-refractivity contribution in [3.05, 3.63) is 52.5 Å². The number of fused-ring (bicyclic) bond motifs is 2. The van der Waals surface area contributed by atoms with Crippen LogP contribution >= 0.6 is 27.7 Å². The molecule has 100 valence electrons. The molecule has 3 aromatic rings. The van der Waals surface area contributed by atoms with Crippen molar-refractivity contribution in [3.8, 4) is 0 Å². The zero-order chi connectivity index (χ0) is 13.5. The Morgan fingerprint density at radius 2 is 2.10 bits per heavy atom. The lowest BCUT2D eigenvalue weighted by Crippen LogP contribution is -1.92. The fraction of sp³-hybridized carbons (Fsp3) is 0.200. The van der Waals surface area contributed by atoms with Gasteiger partial charge in [0, 0.05) is 23.5 Å². The summed E-state index contributed by atoms with van der Waals surface area (Å²) in [7, 11) is 0. The Kier molecular flexibility index (Phi) is 3.04. The number of aromatic nitrogens is 3. The monoisotopic (exact) mass is 345 g/mol. The van der Waals surface area contributed by atoms with Gasteiger partial charge in [-0.25, -0.2) is 9.97 Å². The lowest BCUT2D eigenvalue weighted by atomic mass is 10.1. The Morgan fingerprint density at radius 3 is 3.05 bits per heavy atom. The van der Waals surface area contributed by atoms with E-state index in [-0.39, 0.29) is 0 Å².